The number of halogens is 4. The van der Waals surface area contributed by atoms with Crippen molar-refractivity contribution in [2.75, 3.05) is 13.1 Å². The number of aliphatic imine (C=N–C) groups is 1. The minimum atomic E-state index is -4.59. The summed E-state index contributed by atoms with van der Waals surface area (Å²) in [6.07, 6.45) is 1.43. The first-order chi connectivity index (χ1) is 15.8. The number of amides is 1. The van der Waals surface area contributed by atoms with Crippen molar-refractivity contribution in [3.8, 4) is 0 Å². The van der Waals surface area contributed by atoms with E-state index < -0.39 is 17.6 Å². The molecule has 2 N–H and O–H groups in total. The van der Waals surface area contributed by atoms with Crippen molar-refractivity contribution >= 4 is 28.9 Å². The summed E-state index contributed by atoms with van der Waals surface area (Å²) in [5.41, 5.74) is 0.999. The van der Waals surface area contributed by atoms with Crippen LogP contribution in [0.25, 0.3) is 5.57 Å². The summed E-state index contributed by atoms with van der Waals surface area (Å²) in [5, 5.41) is 6.05. The molecular weight excluding hydrogens is 453 g/mol. The third-order valence-corrected chi connectivity index (χ3v) is 6.34. The van der Waals surface area contributed by atoms with Crippen LogP contribution in [-0.2, 0) is 6.18 Å². The number of alkyl halides is 3. The molecule has 4 rings (SSSR count). The summed E-state index contributed by atoms with van der Waals surface area (Å²) in [5.74, 6) is 0.707. The lowest BCUT2D eigenvalue weighted by Gasteiger charge is -2.29. The fourth-order valence-electron chi connectivity index (χ4n) is 4.21. The minimum absolute atomic E-state index is 0.108. The van der Waals surface area contributed by atoms with Gasteiger partial charge in [0.15, 0.2) is 0 Å². The van der Waals surface area contributed by atoms with Crippen molar-refractivity contribution in [1.29, 1.82) is 0 Å². The van der Waals surface area contributed by atoms with Gasteiger partial charge in [0, 0.05) is 24.4 Å². The Labute approximate surface area is 195 Å². The fourth-order valence-corrected chi connectivity index (χ4v) is 4.40. The molecule has 0 radical (unpaired) electrons. The van der Waals surface area contributed by atoms with Gasteiger partial charge in [-0.25, -0.2) is 4.98 Å². The number of aromatic nitrogens is 1. The average Bonchev–Trinajstić information content (AvgIpc) is 3.27. The van der Waals surface area contributed by atoms with Crippen molar-refractivity contribution in [2.45, 2.75) is 37.9 Å². The molecule has 1 saturated carbocycles. The molecule has 1 aromatic carbocycles. The number of benzene rings is 1. The first-order valence-electron chi connectivity index (χ1n) is 10.9. The highest BCUT2D eigenvalue weighted by molar-refractivity contribution is 6.32. The lowest BCUT2D eigenvalue weighted by Crippen LogP contribution is -2.40. The van der Waals surface area contributed by atoms with E-state index in [1.807, 2.05) is 18.2 Å². The summed E-state index contributed by atoms with van der Waals surface area (Å²) in [6.45, 7) is 1.45. The zero-order chi connectivity index (χ0) is 23.4. The molecule has 1 aliphatic heterocycles. The first-order valence-corrected chi connectivity index (χ1v) is 11.3. The van der Waals surface area contributed by atoms with E-state index in [0.29, 0.717) is 18.7 Å². The molecule has 1 aromatic heterocycles. The van der Waals surface area contributed by atoms with Crippen LogP contribution < -0.4 is 10.6 Å². The predicted molar refractivity (Wildman–Crippen MR) is 122 cm³/mol. The Bertz CT molecular complexity index is 1060. The molecule has 2 heterocycles. The van der Waals surface area contributed by atoms with Gasteiger partial charge in [-0.3, -0.25) is 9.79 Å². The maximum Gasteiger partial charge on any atom is 0.417 e. The van der Waals surface area contributed by atoms with E-state index >= 15 is 0 Å². The molecule has 0 atom stereocenters. The van der Waals surface area contributed by atoms with Crippen molar-refractivity contribution in [2.24, 2.45) is 10.9 Å². The second-order valence-corrected chi connectivity index (χ2v) is 8.66. The molecule has 2 aliphatic rings. The van der Waals surface area contributed by atoms with Gasteiger partial charge in [-0.15, -0.1) is 0 Å². The zero-order valence-corrected chi connectivity index (χ0v) is 18.6. The molecule has 2 aromatic rings. The molecule has 9 heteroatoms. The smallest absolute Gasteiger partial charge is 0.370 e. The quantitative estimate of drug-likeness (QED) is 0.588. The molecule has 0 unspecified atom stereocenters. The van der Waals surface area contributed by atoms with E-state index in [4.69, 9.17) is 11.6 Å². The van der Waals surface area contributed by atoms with Gasteiger partial charge in [-0.2, -0.15) is 13.2 Å². The highest BCUT2D eigenvalue weighted by Gasteiger charge is 2.33. The van der Waals surface area contributed by atoms with Gasteiger partial charge in [0.05, 0.1) is 17.7 Å². The molecule has 1 fully saturated rings. The normalized spacial score (nSPS) is 20.7. The van der Waals surface area contributed by atoms with Crippen LogP contribution in [-0.4, -0.2) is 35.9 Å². The van der Waals surface area contributed by atoms with E-state index in [9.17, 15) is 18.0 Å². The Balaban J connectivity index is 1.27. The monoisotopic (exact) mass is 476 g/mol. The Hall–Kier alpha value is -2.87. The van der Waals surface area contributed by atoms with Gasteiger partial charge in [0.2, 0.25) is 0 Å². The molecule has 1 aliphatic carbocycles. The van der Waals surface area contributed by atoms with Crippen molar-refractivity contribution < 1.29 is 18.0 Å². The van der Waals surface area contributed by atoms with Gasteiger partial charge in [-0.1, -0.05) is 48.0 Å². The average molecular weight is 477 g/mol. The fraction of sp³-hybridized carbons (Fsp3) is 0.375. The number of nitrogens with zero attached hydrogens (tertiary/aromatic N) is 2. The van der Waals surface area contributed by atoms with Crippen LogP contribution in [0.15, 0.2) is 53.7 Å². The number of carbonyl (C=O) groups excluding carboxylic acids is 1. The minimum Gasteiger partial charge on any atom is -0.370 e. The molecule has 0 bridgehead atoms. The molecule has 174 valence electrons. The second kappa shape index (κ2) is 9.95. The third kappa shape index (κ3) is 5.74. The maximum atomic E-state index is 12.9. The van der Waals surface area contributed by atoms with Crippen molar-refractivity contribution in [3.05, 3.63) is 70.5 Å². The number of rotatable bonds is 5. The summed E-state index contributed by atoms with van der Waals surface area (Å²) in [4.78, 5) is 20.6. The van der Waals surface area contributed by atoms with Gasteiger partial charge >= 0.3 is 6.18 Å². The van der Waals surface area contributed by atoms with Crippen molar-refractivity contribution in [1.82, 2.24) is 15.6 Å². The predicted octanol–water partition coefficient (Wildman–Crippen LogP) is 5.13. The van der Waals surface area contributed by atoms with Crippen LogP contribution in [0.5, 0.6) is 0 Å². The summed E-state index contributed by atoms with van der Waals surface area (Å²) in [6, 6.07) is 10.8. The van der Waals surface area contributed by atoms with E-state index in [1.54, 1.807) is 0 Å². The largest absolute Gasteiger partial charge is 0.417 e. The number of carbonyl (C=O) groups is 1. The van der Waals surface area contributed by atoms with Gasteiger partial charge in [0.25, 0.3) is 5.91 Å². The van der Waals surface area contributed by atoms with Crippen LogP contribution in [0.4, 0.5) is 13.2 Å². The van der Waals surface area contributed by atoms with Gasteiger partial charge < -0.3 is 10.6 Å². The van der Waals surface area contributed by atoms with Crippen LogP contribution in [0.3, 0.4) is 0 Å². The number of hydrogen-bond acceptors (Lipinski definition) is 4. The highest BCUT2D eigenvalue weighted by Crippen LogP contribution is 2.31. The molecule has 0 saturated heterocycles. The first kappa shape index (κ1) is 23.3. The van der Waals surface area contributed by atoms with Crippen LogP contribution in [0.1, 0.15) is 47.2 Å². The zero-order valence-electron chi connectivity index (χ0n) is 17.8. The topological polar surface area (TPSA) is 66.4 Å². The van der Waals surface area contributed by atoms with E-state index in [-0.39, 0.29) is 16.8 Å². The van der Waals surface area contributed by atoms with E-state index in [0.717, 1.165) is 55.3 Å². The molecule has 33 heavy (non-hydrogen) atoms. The molecular formula is C24H24ClF3N4O. The van der Waals surface area contributed by atoms with E-state index in [2.05, 4.69) is 38.8 Å². The number of hydrogen-bond donors (Lipinski definition) is 2. The van der Waals surface area contributed by atoms with Crippen molar-refractivity contribution in [3.63, 3.8) is 0 Å². The molecule has 5 nitrogen and oxygen atoms in total. The summed E-state index contributed by atoms with van der Waals surface area (Å²) < 4.78 is 38.8. The van der Waals surface area contributed by atoms with Crippen LogP contribution in [0.2, 0.25) is 5.15 Å². The lowest BCUT2D eigenvalue weighted by atomic mass is 9.85. The standard InChI is InChI=1S/C24H24ClF3N4O/c25-21-20(12-17(14-30-21)24(26,27)28)23(33)32-18-8-6-15(7-9-18)13-31-22-19(10-11-29-22)16-4-2-1-3-5-16/h1-5,10,12,14-15,18H,6-9,11,13H2,(H,29,31)(H,32,33). The lowest BCUT2D eigenvalue weighted by molar-refractivity contribution is -0.137. The van der Waals surface area contributed by atoms with Crippen LogP contribution in [0, 0.1) is 5.92 Å². The second-order valence-electron chi connectivity index (χ2n) is 8.31. The summed E-state index contributed by atoms with van der Waals surface area (Å²) >= 11 is 5.88. The van der Waals surface area contributed by atoms with Gasteiger partial charge in [-0.05, 0) is 43.2 Å². The maximum absolute atomic E-state index is 12.9. The Morgan fingerprint density at radius 2 is 1.85 bits per heavy atom. The SMILES string of the molecule is O=C(NC1CCC(CNC2=NCC=C2c2ccccc2)CC1)c1cc(C(F)(F)F)cnc1Cl. The number of amidine groups is 1. The van der Waals surface area contributed by atoms with Gasteiger partial charge in [0.1, 0.15) is 11.0 Å². The third-order valence-electron chi connectivity index (χ3n) is 6.04. The summed E-state index contributed by atoms with van der Waals surface area (Å²) in [7, 11) is 0. The Kier molecular flexibility index (Phi) is 7.02. The Morgan fingerprint density at radius 3 is 2.55 bits per heavy atom. The van der Waals surface area contributed by atoms with Crippen LogP contribution >= 0.6 is 11.6 Å². The van der Waals surface area contributed by atoms with E-state index in [1.165, 1.54) is 0 Å². The number of pyridine rings is 1. The molecule has 1 amide bonds. The highest BCUT2D eigenvalue weighted by atomic mass is 35.5. The Morgan fingerprint density at radius 1 is 1.12 bits per heavy atom. The molecule has 0 spiro atoms. The number of nitrogens with one attached hydrogen (secondary N) is 2.